The van der Waals surface area contributed by atoms with Crippen LogP contribution >= 0.6 is 11.6 Å². The van der Waals surface area contributed by atoms with E-state index in [0.717, 1.165) is 43.5 Å². The molecule has 0 radical (unpaired) electrons. The molecule has 0 atom stereocenters. The van der Waals surface area contributed by atoms with Crippen molar-refractivity contribution in [1.29, 1.82) is 0 Å². The van der Waals surface area contributed by atoms with Gasteiger partial charge in [-0.25, -0.2) is 4.98 Å². The Balaban J connectivity index is 2.00. The first-order valence-electron chi connectivity index (χ1n) is 8.16. The van der Waals surface area contributed by atoms with Crippen molar-refractivity contribution < 1.29 is 9.66 Å². The van der Waals surface area contributed by atoms with Crippen molar-refractivity contribution in [3.8, 4) is 11.6 Å². The molecule has 0 saturated carbocycles. The fourth-order valence-electron chi connectivity index (χ4n) is 3.00. The maximum atomic E-state index is 11.7. The van der Waals surface area contributed by atoms with Crippen molar-refractivity contribution in [2.24, 2.45) is 0 Å². The van der Waals surface area contributed by atoms with Crippen LogP contribution in [0.3, 0.4) is 0 Å². The molecule has 1 aromatic carbocycles. The number of aryl methyl sites for hydroxylation is 2. The summed E-state index contributed by atoms with van der Waals surface area (Å²) in [5.74, 6) is 0.726. The van der Waals surface area contributed by atoms with E-state index >= 15 is 0 Å². The molecule has 0 unspecified atom stereocenters. The molecule has 0 spiro atoms. The summed E-state index contributed by atoms with van der Waals surface area (Å²) >= 11 is 6.17. The number of nitrogens with zero attached hydrogens (tertiary/aromatic N) is 4. The number of hydrogen-bond donors (Lipinski definition) is 0. The standard InChI is InChI=1S/C17H19ClN4O3/c1-11-8-13(9-12(2)14(11)18)25-17-15(22(23)24)16(19-10-20-17)21-6-4-3-5-7-21/h8-10H,3-7H2,1-2H3. The Morgan fingerprint density at radius 2 is 1.80 bits per heavy atom. The number of piperidine rings is 1. The first-order chi connectivity index (χ1) is 12.0. The van der Waals surface area contributed by atoms with Gasteiger partial charge in [0.2, 0.25) is 5.82 Å². The van der Waals surface area contributed by atoms with Gasteiger partial charge in [0.25, 0.3) is 0 Å². The third-order valence-electron chi connectivity index (χ3n) is 4.23. The van der Waals surface area contributed by atoms with Crippen molar-refractivity contribution >= 4 is 23.1 Å². The van der Waals surface area contributed by atoms with E-state index in [-0.39, 0.29) is 11.6 Å². The van der Waals surface area contributed by atoms with Gasteiger partial charge in [-0.15, -0.1) is 0 Å². The Morgan fingerprint density at radius 1 is 1.16 bits per heavy atom. The summed E-state index contributed by atoms with van der Waals surface area (Å²) in [6.45, 7) is 5.21. The van der Waals surface area contributed by atoms with E-state index in [1.165, 1.54) is 6.33 Å². The number of hydrogen-bond acceptors (Lipinski definition) is 6. The van der Waals surface area contributed by atoms with E-state index in [2.05, 4.69) is 9.97 Å². The van der Waals surface area contributed by atoms with Crippen LogP contribution in [0, 0.1) is 24.0 Å². The number of aromatic nitrogens is 2. The average Bonchev–Trinajstić information content (AvgIpc) is 2.60. The van der Waals surface area contributed by atoms with Crippen LogP contribution in [0.1, 0.15) is 30.4 Å². The zero-order valence-electron chi connectivity index (χ0n) is 14.2. The monoisotopic (exact) mass is 362 g/mol. The van der Waals surface area contributed by atoms with Crippen molar-refractivity contribution in [2.45, 2.75) is 33.1 Å². The molecule has 1 saturated heterocycles. The summed E-state index contributed by atoms with van der Waals surface area (Å²) in [5, 5.41) is 12.3. The minimum Gasteiger partial charge on any atom is -0.434 e. The number of halogens is 1. The topological polar surface area (TPSA) is 81.4 Å². The third kappa shape index (κ3) is 3.66. The van der Waals surface area contributed by atoms with Gasteiger partial charge >= 0.3 is 11.6 Å². The number of benzene rings is 1. The number of nitro groups is 1. The quantitative estimate of drug-likeness (QED) is 0.590. The molecule has 25 heavy (non-hydrogen) atoms. The van der Waals surface area contributed by atoms with Gasteiger partial charge in [-0.3, -0.25) is 10.1 Å². The second-order valence-electron chi connectivity index (χ2n) is 6.13. The van der Waals surface area contributed by atoms with Gasteiger partial charge in [0.1, 0.15) is 12.1 Å². The maximum Gasteiger partial charge on any atom is 0.373 e. The molecule has 8 heteroatoms. The Bertz CT molecular complexity index is 783. The maximum absolute atomic E-state index is 11.7. The van der Waals surface area contributed by atoms with Crippen LogP contribution in [0.4, 0.5) is 11.5 Å². The van der Waals surface area contributed by atoms with Crippen LogP contribution in [0.25, 0.3) is 0 Å². The lowest BCUT2D eigenvalue weighted by molar-refractivity contribution is -0.385. The molecule has 0 amide bonds. The predicted octanol–water partition coefficient (Wildman–Crippen LogP) is 4.44. The minimum atomic E-state index is -0.477. The van der Waals surface area contributed by atoms with E-state index in [9.17, 15) is 10.1 Å². The Kier molecular flexibility index (Phi) is 5.03. The van der Waals surface area contributed by atoms with E-state index in [1.54, 1.807) is 12.1 Å². The molecule has 1 fully saturated rings. The summed E-state index contributed by atoms with van der Waals surface area (Å²) in [6.07, 6.45) is 4.42. The highest BCUT2D eigenvalue weighted by Gasteiger charge is 2.29. The first kappa shape index (κ1) is 17.4. The summed E-state index contributed by atoms with van der Waals surface area (Å²) in [4.78, 5) is 21.3. The fourth-order valence-corrected chi connectivity index (χ4v) is 3.11. The lowest BCUT2D eigenvalue weighted by atomic mass is 10.1. The number of rotatable bonds is 4. The normalized spacial score (nSPS) is 14.4. The lowest BCUT2D eigenvalue weighted by Crippen LogP contribution is -2.30. The van der Waals surface area contributed by atoms with Crippen LogP contribution in [0.2, 0.25) is 5.02 Å². The SMILES string of the molecule is Cc1cc(Oc2ncnc(N3CCCCC3)c2[N+](=O)[O-])cc(C)c1Cl. The Morgan fingerprint density at radius 3 is 2.40 bits per heavy atom. The second-order valence-corrected chi connectivity index (χ2v) is 6.51. The zero-order chi connectivity index (χ0) is 18.0. The number of anilines is 1. The van der Waals surface area contributed by atoms with Gasteiger partial charge in [0.15, 0.2) is 0 Å². The molecule has 2 heterocycles. The second kappa shape index (κ2) is 7.23. The van der Waals surface area contributed by atoms with E-state index < -0.39 is 4.92 Å². The lowest BCUT2D eigenvalue weighted by Gasteiger charge is -2.27. The van der Waals surface area contributed by atoms with Gasteiger partial charge in [0.05, 0.1) is 4.92 Å². The fraction of sp³-hybridized carbons (Fsp3) is 0.412. The van der Waals surface area contributed by atoms with Gasteiger partial charge < -0.3 is 9.64 Å². The smallest absolute Gasteiger partial charge is 0.373 e. The average molecular weight is 363 g/mol. The van der Waals surface area contributed by atoms with Crippen LogP contribution < -0.4 is 9.64 Å². The van der Waals surface area contributed by atoms with Gasteiger partial charge in [0, 0.05) is 18.1 Å². The van der Waals surface area contributed by atoms with Crippen LogP contribution in [-0.4, -0.2) is 28.0 Å². The Labute approximate surface area is 150 Å². The van der Waals surface area contributed by atoms with Crippen LogP contribution in [0.5, 0.6) is 11.6 Å². The molecular weight excluding hydrogens is 344 g/mol. The molecule has 1 aliphatic rings. The van der Waals surface area contributed by atoms with Gasteiger partial charge in [-0.1, -0.05) is 11.6 Å². The van der Waals surface area contributed by atoms with Gasteiger partial charge in [-0.2, -0.15) is 4.98 Å². The third-order valence-corrected chi connectivity index (χ3v) is 4.83. The predicted molar refractivity (Wildman–Crippen MR) is 95.8 cm³/mol. The molecular formula is C17H19ClN4O3. The zero-order valence-corrected chi connectivity index (χ0v) is 14.9. The molecule has 0 N–H and O–H groups in total. The number of ether oxygens (including phenoxy) is 1. The highest BCUT2D eigenvalue weighted by Crippen LogP contribution is 2.38. The molecule has 2 aromatic rings. The van der Waals surface area contributed by atoms with E-state index in [1.807, 2.05) is 18.7 Å². The first-order valence-corrected chi connectivity index (χ1v) is 8.54. The van der Waals surface area contributed by atoms with Crippen molar-refractivity contribution in [3.63, 3.8) is 0 Å². The summed E-state index contributed by atoms with van der Waals surface area (Å²) in [6, 6.07) is 3.48. The highest BCUT2D eigenvalue weighted by atomic mass is 35.5. The van der Waals surface area contributed by atoms with E-state index in [4.69, 9.17) is 16.3 Å². The van der Waals surface area contributed by atoms with E-state index in [0.29, 0.717) is 16.6 Å². The summed E-state index contributed by atoms with van der Waals surface area (Å²) in [5.41, 5.74) is 1.48. The largest absolute Gasteiger partial charge is 0.434 e. The molecule has 1 aliphatic heterocycles. The van der Waals surface area contributed by atoms with Crippen LogP contribution in [0.15, 0.2) is 18.5 Å². The molecule has 1 aromatic heterocycles. The van der Waals surface area contributed by atoms with Crippen molar-refractivity contribution in [2.75, 3.05) is 18.0 Å². The van der Waals surface area contributed by atoms with Crippen molar-refractivity contribution in [1.82, 2.24) is 9.97 Å². The summed E-state index contributed by atoms with van der Waals surface area (Å²) in [7, 11) is 0. The minimum absolute atomic E-state index is 0.0540. The van der Waals surface area contributed by atoms with Crippen LogP contribution in [-0.2, 0) is 0 Å². The Hall–Kier alpha value is -2.41. The highest BCUT2D eigenvalue weighted by molar-refractivity contribution is 6.32. The molecule has 132 valence electrons. The molecule has 0 bridgehead atoms. The molecule has 0 aliphatic carbocycles. The summed E-state index contributed by atoms with van der Waals surface area (Å²) < 4.78 is 5.74. The van der Waals surface area contributed by atoms with Crippen molar-refractivity contribution in [3.05, 3.63) is 44.7 Å². The van der Waals surface area contributed by atoms with Gasteiger partial charge in [-0.05, 0) is 56.4 Å². The molecule has 7 nitrogen and oxygen atoms in total. The molecule has 3 rings (SSSR count).